The van der Waals surface area contributed by atoms with Crippen LogP contribution in [-0.2, 0) is 14.6 Å². The molecule has 0 aromatic heterocycles. The Morgan fingerprint density at radius 3 is 2.83 bits per heavy atom. The van der Waals surface area contributed by atoms with Crippen LogP contribution in [0.15, 0.2) is 0 Å². The van der Waals surface area contributed by atoms with Crippen molar-refractivity contribution >= 4 is 9.84 Å². The number of likely N-dealkylation sites (N-methyl/N-ethyl adjacent to an activating group) is 1. The Kier molecular flexibility index (Phi) is 7.14. The predicted octanol–water partition coefficient (Wildman–Crippen LogP) is 0.122. The van der Waals surface area contributed by atoms with Crippen LogP contribution >= 0.6 is 0 Å². The zero-order chi connectivity index (χ0) is 13.4. The maximum absolute atomic E-state index is 11.3. The molecule has 0 spiro atoms. The summed E-state index contributed by atoms with van der Waals surface area (Å²) in [6.07, 6.45) is 0.918. The second kappa shape index (κ2) is 8.09. The SMILES string of the molecule is CCN1CCOC(CNCCCS(=O)(=O)CC)C1. The average molecular weight is 278 g/mol. The first-order valence-corrected chi connectivity index (χ1v) is 8.64. The first-order chi connectivity index (χ1) is 8.57. The van der Waals surface area contributed by atoms with E-state index < -0.39 is 9.84 Å². The van der Waals surface area contributed by atoms with Gasteiger partial charge >= 0.3 is 0 Å². The third-order valence-electron chi connectivity index (χ3n) is 3.29. The van der Waals surface area contributed by atoms with Gasteiger partial charge in [-0.25, -0.2) is 8.42 Å². The fourth-order valence-corrected chi connectivity index (χ4v) is 2.89. The van der Waals surface area contributed by atoms with Crippen LogP contribution in [0.3, 0.4) is 0 Å². The van der Waals surface area contributed by atoms with Crippen LogP contribution in [0.5, 0.6) is 0 Å². The summed E-state index contributed by atoms with van der Waals surface area (Å²) in [5, 5.41) is 3.28. The minimum atomic E-state index is -2.82. The normalized spacial score (nSPS) is 22.2. The summed E-state index contributed by atoms with van der Waals surface area (Å²) in [7, 11) is -2.82. The molecule has 1 unspecified atom stereocenters. The molecule has 0 saturated carbocycles. The molecule has 0 aromatic rings. The Balaban J connectivity index is 2.07. The summed E-state index contributed by atoms with van der Waals surface area (Å²) in [6, 6.07) is 0. The van der Waals surface area contributed by atoms with Crippen molar-refractivity contribution in [1.29, 1.82) is 0 Å². The molecule has 5 nitrogen and oxygen atoms in total. The van der Waals surface area contributed by atoms with Crippen LogP contribution in [0.4, 0.5) is 0 Å². The second-order valence-electron chi connectivity index (χ2n) is 4.68. The smallest absolute Gasteiger partial charge is 0.150 e. The van der Waals surface area contributed by atoms with Gasteiger partial charge in [0.25, 0.3) is 0 Å². The third-order valence-corrected chi connectivity index (χ3v) is 5.08. The first kappa shape index (κ1) is 15.9. The number of sulfone groups is 1. The van der Waals surface area contributed by atoms with E-state index in [0.717, 1.165) is 39.3 Å². The monoisotopic (exact) mass is 278 g/mol. The third kappa shape index (κ3) is 6.13. The highest BCUT2D eigenvalue weighted by Gasteiger charge is 2.18. The summed E-state index contributed by atoms with van der Waals surface area (Å²) in [5.74, 6) is 0.521. The molecule has 1 rings (SSSR count). The summed E-state index contributed by atoms with van der Waals surface area (Å²) < 4.78 is 28.2. The molecule has 1 N–H and O–H groups in total. The Morgan fingerprint density at radius 2 is 2.17 bits per heavy atom. The van der Waals surface area contributed by atoms with Gasteiger partial charge in [-0.05, 0) is 19.5 Å². The van der Waals surface area contributed by atoms with Gasteiger partial charge in [0.15, 0.2) is 0 Å². The second-order valence-corrected chi connectivity index (χ2v) is 7.15. The summed E-state index contributed by atoms with van der Waals surface area (Å²) in [4.78, 5) is 2.37. The number of nitrogens with zero attached hydrogens (tertiary/aromatic N) is 1. The van der Waals surface area contributed by atoms with Crippen molar-refractivity contribution in [2.75, 3.05) is 50.8 Å². The van der Waals surface area contributed by atoms with Crippen LogP contribution in [0.25, 0.3) is 0 Å². The molecule has 1 heterocycles. The highest BCUT2D eigenvalue weighted by molar-refractivity contribution is 7.91. The van der Waals surface area contributed by atoms with E-state index >= 15 is 0 Å². The van der Waals surface area contributed by atoms with E-state index in [4.69, 9.17) is 4.74 Å². The summed E-state index contributed by atoms with van der Waals surface area (Å²) >= 11 is 0. The Morgan fingerprint density at radius 1 is 1.39 bits per heavy atom. The van der Waals surface area contributed by atoms with Gasteiger partial charge in [-0.2, -0.15) is 0 Å². The highest BCUT2D eigenvalue weighted by atomic mass is 32.2. The standard InChI is InChI=1S/C12H26N2O3S/c1-3-14-7-8-17-12(11-14)10-13-6-5-9-18(15,16)4-2/h12-13H,3-11H2,1-2H3. The van der Waals surface area contributed by atoms with Gasteiger partial charge < -0.3 is 10.1 Å². The maximum atomic E-state index is 11.3. The molecule has 0 bridgehead atoms. The number of morpholine rings is 1. The molecule has 0 radical (unpaired) electrons. The van der Waals surface area contributed by atoms with E-state index in [1.54, 1.807) is 6.92 Å². The van der Waals surface area contributed by atoms with Crippen LogP contribution in [-0.4, -0.2) is 70.3 Å². The van der Waals surface area contributed by atoms with E-state index in [1.165, 1.54) is 0 Å². The lowest BCUT2D eigenvalue weighted by Gasteiger charge is -2.32. The topological polar surface area (TPSA) is 58.6 Å². The molecular formula is C12H26N2O3S. The van der Waals surface area contributed by atoms with Crippen LogP contribution in [0, 0.1) is 0 Å². The molecule has 1 saturated heterocycles. The first-order valence-electron chi connectivity index (χ1n) is 6.82. The van der Waals surface area contributed by atoms with Gasteiger partial charge in [0.2, 0.25) is 0 Å². The van der Waals surface area contributed by atoms with Crippen molar-refractivity contribution in [3.63, 3.8) is 0 Å². The zero-order valence-electron chi connectivity index (χ0n) is 11.5. The van der Waals surface area contributed by atoms with Crippen molar-refractivity contribution < 1.29 is 13.2 Å². The predicted molar refractivity (Wildman–Crippen MR) is 73.7 cm³/mol. The lowest BCUT2D eigenvalue weighted by atomic mass is 10.2. The van der Waals surface area contributed by atoms with Crippen LogP contribution in [0.2, 0.25) is 0 Å². The Hall–Kier alpha value is -0.170. The highest BCUT2D eigenvalue weighted by Crippen LogP contribution is 2.03. The van der Waals surface area contributed by atoms with Crippen molar-refractivity contribution in [1.82, 2.24) is 10.2 Å². The summed E-state index contributed by atoms with van der Waals surface area (Å²) in [5.41, 5.74) is 0. The molecule has 0 amide bonds. The van der Waals surface area contributed by atoms with Gasteiger partial charge in [-0.15, -0.1) is 0 Å². The van der Waals surface area contributed by atoms with Crippen LogP contribution in [0.1, 0.15) is 20.3 Å². The number of hydrogen-bond donors (Lipinski definition) is 1. The zero-order valence-corrected chi connectivity index (χ0v) is 12.3. The molecule has 1 fully saturated rings. The maximum Gasteiger partial charge on any atom is 0.150 e. The molecular weight excluding hydrogens is 252 g/mol. The van der Waals surface area contributed by atoms with Crippen LogP contribution < -0.4 is 5.32 Å². The van der Waals surface area contributed by atoms with Gasteiger partial charge in [-0.1, -0.05) is 13.8 Å². The summed E-state index contributed by atoms with van der Waals surface area (Å²) in [6.45, 7) is 9.24. The van der Waals surface area contributed by atoms with E-state index in [9.17, 15) is 8.42 Å². The molecule has 1 aliphatic heterocycles. The van der Waals surface area contributed by atoms with Crippen molar-refractivity contribution in [3.8, 4) is 0 Å². The lowest BCUT2D eigenvalue weighted by molar-refractivity contribution is -0.0251. The molecule has 0 aromatic carbocycles. The largest absolute Gasteiger partial charge is 0.374 e. The van der Waals surface area contributed by atoms with E-state index in [0.29, 0.717) is 6.42 Å². The molecule has 1 aliphatic rings. The number of ether oxygens (including phenoxy) is 1. The van der Waals surface area contributed by atoms with Crippen molar-refractivity contribution in [2.24, 2.45) is 0 Å². The van der Waals surface area contributed by atoms with Gasteiger partial charge in [0.05, 0.1) is 18.5 Å². The molecule has 108 valence electrons. The molecule has 1 atom stereocenters. The number of hydrogen-bond acceptors (Lipinski definition) is 5. The number of nitrogens with one attached hydrogen (secondary N) is 1. The molecule has 18 heavy (non-hydrogen) atoms. The quantitative estimate of drug-likeness (QED) is 0.639. The van der Waals surface area contributed by atoms with E-state index in [-0.39, 0.29) is 17.6 Å². The fourth-order valence-electron chi connectivity index (χ4n) is 2.02. The molecule has 6 heteroatoms. The van der Waals surface area contributed by atoms with Crippen molar-refractivity contribution in [2.45, 2.75) is 26.4 Å². The minimum absolute atomic E-state index is 0.237. The molecule has 0 aliphatic carbocycles. The fraction of sp³-hybridized carbons (Fsp3) is 1.00. The lowest BCUT2D eigenvalue weighted by Crippen LogP contribution is -2.46. The minimum Gasteiger partial charge on any atom is -0.374 e. The van der Waals surface area contributed by atoms with Crippen molar-refractivity contribution in [3.05, 3.63) is 0 Å². The van der Waals surface area contributed by atoms with Gasteiger partial charge in [0, 0.05) is 25.4 Å². The average Bonchev–Trinajstić information content (AvgIpc) is 2.38. The van der Waals surface area contributed by atoms with E-state index in [1.807, 2.05) is 0 Å². The van der Waals surface area contributed by atoms with Gasteiger partial charge in [0.1, 0.15) is 9.84 Å². The Bertz CT molecular complexity index is 319. The Labute approximate surface area is 111 Å². The van der Waals surface area contributed by atoms with Gasteiger partial charge in [-0.3, -0.25) is 4.90 Å². The number of rotatable bonds is 8. The van der Waals surface area contributed by atoms with E-state index in [2.05, 4.69) is 17.1 Å².